The maximum Gasteiger partial charge on any atom is 0.336 e. The molecule has 31 heavy (non-hydrogen) atoms. The van der Waals surface area contributed by atoms with Crippen molar-refractivity contribution >= 4 is 35.8 Å². The molecule has 0 spiro atoms. The van der Waals surface area contributed by atoms with Crippen LogP contribution in [-0.2, 0) is 33.5 Å². The molecule has 0 aliphatic heterocycles. The van der Waals surface area contributed by atoms with Crippen molar-refractivity contribution in [1.82, 2.24) is 0 Å². The van der Waals surface area contributed by atoms with E-state index in [9.17, 15) is 28.8 Å². The predicted octanol–water partition coefficient (Wildman–Crippen LogP) is 1.42. The van der Waals surface area contributed by atoms with E-state index in [-0.39, 0.29) is 23.1 Å². The number of ether oxygens (including phenoxy) is 1. The third-order valence-corrected chi connectivity index (χ3v) is 3.19. The average Bonchev–Trinajstić information content (AvgIpc) is 2.60. The third kappa shape index (κ3) is 10.4. The van der Waals surface area contributed by atoms with Gasteiger partial charge in [0, 0.05) is 16.7 Å². The van der Waals surface area contributed by atoms with Crippen molar-refractivity contribution in [1.29, 1.82) is 0 Å². The van der Waals surface area contributed by atoms with E-state index in [0.29, 0.717) is 0 Å². The van der Waals surface area contributed by atoms with Crippen LogP contribution in [0.4, 0.5) is 0 Å². The Labute approximate surface area is 177 Å². The number of esters is 1. The maximum atomic E-state index is 11.3. The standard InChI is InChI=1S/C11H14O8.2C4H6O2/c1-4-6(19-7(12)5(2)3)11(8(13)14,9(15)16)10(17)18;2*1-3(2)4(5)6/h6H,2,4H2,1,3H3,(H,13,14)(H,15,16)(H,17,18);2*1H2,2H3,(H,5,6). The number of carboxylic acid groups (broad SMARTS) is 5. The fraction of sp³-hybridized carbons (Fsp3) is 0.368. The van der Waals surface area contributed by atoms with Crippen LogP contribution in [0.1, 0.15) is 34.1 Å². The highest BCUT2D eigenvalue weighted by Gasteiger charge is 2.61. The first kappa shape index (κ1) is 31.7. The summed E-state index contributed by atoms with van der Waals surface area (Å²) in [5.74, 6) is -9.28. The van der Waals surface area contributed by atoms with E-state index in [4.69, 9.17) is 25.5 Å². The minimum atomic E-state index is -3.25. The Hall–Kier alpha value is -3.96. The summed E-state index contributed by atoms with van der Waals surface area (Å²) in [4.78, 5) is 63.8. The molecule has 174 valence electrons. The maximum absolute atomic E-state index is 11.3. The molecule has 0 aromatic rings. The average molecular weight is 446 g/mol. The lowest BCUT2D eigenvalue weighted by molar-refractivity contribution is -0.189. The van der Waals surface area contributed by atoms with E-state index in [1.165, 1.54) is 27.7 Å². The van der Waals surface area contributed by atoms with Crippen molar-refractivity contribution in [3.05, 3.63) is 36.5 Å². The number of carbonyl (C=O) groups is 6. The van der Waals surface area contributed by atoms with Gasteiger partial charge in [0.1, 0.15) is 6.10 Å². The molecule has 1 unspecified atom stereocenters. The number of rotatable bonds is 9. The van der Waals surface area contributed by atoms with Crippen LogP contribution in [0.5, 0.6) is 0 Å². The highest BCUT2D eigenvalue weighted by Crippen LogP contribution is 2.29. The van der Waals surface area contributed by atoms with Crippen LogP contribution in [0.2, 0.25) is 0 Å². The third-order valence-electron chi connectivity index (χ3n) is 3.19. The van der Waals surface area contributed by atoms with Crippen molar-refractivity contribution in [3.8, 4) is 0 Å². The minimum absolute atomic E-state index is 0.103. The molecule has 0 aromatic heterocycles. The Bertz CT molecular complexity index is 691. The molecule has 0 fully saturated rings. The Morgan fingerprint density at radius 1 is 0.710 bits per heavy atom. The van der Waals surface area contributed by atoms with Gasteiger partial charge in [0.05, 0.1) is 0 Å². The van der Waals surface area contributed by atoms with Crippen LogP contribution in [-0.4, -0.2) is 67.5 Å². The molecule has 1 atom stereocenters. The quantitative estimate of drug-likeness (QED) is 0.193. The first-order valence-corrected chi connectivity index (χ1v) is 8.25. The molecule has 12 nitrogen and oxygen atoms in total. The Morgan fingerprint density at radius 2 is 0.968 bits per heavy atom. The topological polar surface area (TPSA) is 213 Å². The van der Waals surface area contributed by atoms with Crippen LogP contribution in [0.25, 0.3) is 0 Å². The van der Waals surface area contributed by atoms with Gasteiger partial charge < -0.3 is 30.3 Å². The molecule has 0 bridgehead atoms. The van der Waals surface area contributed by atoms with Gasteiger partial charge in [-0.2, -0.15) is 0 Å². The Balaban J connectivity index is -0.000000532. The van der Waals surface area contributed by atoms with E-state index in [2.05, 4.69) is 24.5 Å². The van der Waals surface area contributed by atoms with Crippen molar-refractivity contribution in [2.45, 2.75) is 40.2 Å². The predicted molar refractivity (Wildman–Crippen MR) is 105 cm³/mol. The lowest BCUT2D eigenvalue weighted by Gasteiger charge is -2.28. The van der Waals surface area contributed by atoms with Gasteiger partial charge >= 0.3 is 35.8 Å². The molecule has 12 heteroatoms. The SMILES string of the molecule is C=C(C)C(=O)O.C=C(C)C(=O)O.C=C(C)C(=O)OC(CC)C(C(=O)O)(C(=O)O)C(=O)O. The molecule has 0 aliphatic carbocycles. The smallest absolute Gasteiger partial charge is 0.336 e. The lowest BCUT2D eigenvalue weighted by Crippen LogP contribution is -2.56. The second kappa shape index (κ2) is 14.1. The summed E-state index contributed by atoms with van der Waals surface area (Å²) in [6.07, 6.45) is -2.16. The number of aliphatic carboxylic acids is 5. The van der Waals surface area contributed by atoms with Crippen molar-refractivity contribution in [3.63, 3.8) is 0 Å². The summed E-state index contributed by atoms with van der Waals surface area (Å²) in [5.41, 5.74) is -3.00. The van der Waals surface area contributed by atoms with Gasteiger partial charge in [-0.25, -0.2) is 14.4 Å². The molecule has 0 saturated heterocycles. The molecule has 0 amide bonds. The molecule has 5 N–H and O–H groups in total. The first-order chi connectivity index (χ1) is 13.9. The number of hydrogen-bond donors (Lipinski definition) is 5. The summed E-state index contributed by atoms with van der Waals surface area (Å²) in [6, 6.07) is 0. The fourth-order valence-corrected chi connectivity index (χ4v) is 1.40. The normalized spacial score (nSPS) is 10.5. The zero-order valence-electron chi connectivity index (χ0n) is 17.5. The van der Waals surface area contributed by atoms with Gasteiger partial charge in [0.25, 0.3) is 5.41 Å². The number of carboxylic acids is 5. The highest BCUT2D eigenvalue weighted by atomic mass is 16.6. The zero-order chi connectivity index (χ0) is 25.7. The van der Waals surface area contributed by atoms with Gasteiger partial charge in [-0.15, -0.1) is 0 Å². The van der Waals surface area contributed by atoms with Crippen LogP contribution >= 0.6 is 0 Å². The van der Waals surface area contributed by atoms with E-state index >= 15 is 0 Å². The monoisotopic (exact) mass is 446 g/mol. The molecule has 0 aromatic carbocycles. The largest absolute Gasteiger partial charge is 0.480 e. The molecule has 0 radical (unpaired) electrons. The fourth-order valence-electron chi connectivity index (χ4n) is 1.40. The molecule has 0 saturated carbocycles. The summed E-state index contributed by atoms with van der Waals surface area (Å²) in [6.45, 7) is 15.0. The summed E-state index contributed by atoms with van der Waals surface area (Å²) < 4.78 is 4.63. The van der Waals surface area contributed by atoms with Crippen molar-refractivity contribution < 1.29 is 59.0 Å². The Kier molecular flexibility index (Phi) is 14.4. The summed E-state index contributed by atoms with van der Waals surface area (Å²) in [7, 11) is 0. The van der Waals surface area contributed by atoms with Crippen LogP contribution in [0.3, 0.4) is 0 Å². The van der Waals surface area contributed by atoms with Crippen LogP contribution in [0.15, 0.2) is 36.5 Å². The van der Waals surface area contributed by atoms with Gasteiger partial charge in [0.15, 0.2) is 0 Å². The van der Waals surface area contributed by atoms with Gasteiger partial charge in [0.2, 0.25) is 0 Å². The van der Waals surface area contributed by atoms with Crippen molar-refractivity contribution in [2.75, 3.05) is 0 Å². The molecule has 0 aliphatic rings. The number of carbonyl (C=O) groups excluding carboxylic acids is 1. The molecule has 0 heterocycles. The van der Waals surface area contributed by atoms with E-state index in [0.717, 1.165) is 0 Å². The number of hydrogen-bond acceptors (Lipinski definition) is 7. The second-order valence-electron chi connectivity index (χ2n) is 5.98. The van der Waals surface area contributed by atoms with Crippen LogP contribution in [0, 0.1) is 5.41 Å². The first-order valence-electron chi connectivity index (χ1n) is 8.25. The van der Waals surface area contributed by atoms with Gasteiger partial charge in [-0.1, -0.05) is 26.7 Å². The molecule has 0 rings (SSSR count). The lowest BCUT2D eigenvalue weighted by atomic mass is 9.80. The van der Waals surface area contributed by atoms with Gasteiger partial charge in [-0.3, -0.25) is 14.4 Å². The van der Waals surface area contributed by atoms with Crippen molar-refractivity contribution in [2.24, 2.45) is 5.41 Å². The van der Waals surface area contributed by atoms with E-state index in [1.807, 2.05) is 0 Å². The Morgan fingerprint density at radius 3 is 1.10 bits per heavy atom. The molecular weight excluding hydrogens is 420 g/mol. The second-order valence-corrected chi connectivity index (χ2v) is 5.98. The minimum Gasteiger partial charge on any atom is -0.480 e. The summed E-state index contributed by atoms with van der Waals surface area (Å²) >= 11 is 0. The van der Waals surface area contributed by atoms with E-state index in [1.54, 1.807) is 0 Å². The summed E-state index contributed by atoms with van der Waals surface area (Å²) in [5, 5.41) is 42.6. The zero-order valence-corrected chi connectivity index (χ0v) is 17.5. The highest BCUT2D eigenvalue weighted by molar-refractivity contribution is 6.17. The van der Waals surface area contributed by atoms with Crippen LogP contribution < -0.4 is 0 Å². The molecular formula is C19H26O12. The van der Waals surface area contributed by atoms with Gasteiger partial charge in [-0.05, 0) is 27.2 Å². The van der Waals surface area contributed by atoms with E-state index < -0.39 is 47.3 Å².